The highest BCUT2D eigenvalue weighted by Gasteiger charge is 2.55. The average Bonchev–Trinajstić information content (AvgIpc) is 3.38. The Labute approximate surface area is 138 Å². The minimum Gasteiger partial charge on any atom is -0.360 e. The molecule has 1 atom stereocenters. The van der Waals surface area contributed by atoms with Crippen molar-refractivity contribution in [2.24, 2.45) is 5.92 Å². The lowest BCUT2D eigenvalue weighted by molar-refractivity contribution is -0.155. The van der Waals surface area contributed by atoms with Gasteiger partial charge in [-0.25, -0.2) is 0 Å². The summed E-state index contributed by atoms with van der Waals surface area (Å²) in [6.07, 6.45) is 5.55. The number of morpholine rings is 1. The molecule has 1 aliphatic carbocycles. The molecule has 124 valence electrons. The van der Waals surface area contributed by atoms with Crippen LogP contribution in [0.1, 0.15) is 31.2 Å². The maximum absolute atomic E-state index is 11.8. The van der Waals surface area contributed by atoms with E-state index in [1.807, 2.05) is 0 Å². The Hall–Kier alpha value is -1.39. The van der Waals surface area contributed by atoms with Gasteiger partial charge in [-0.2, -0.15) is 0 Å². The molecule has 2 saturated heterocycles. The summed E-state index contributed by atoms with van der Waals surface area (Å²) in [6, 6.07) is 10.7. The monoisotopic (exact) mass is 314 g/mol. The van der Waals surface area contributed by atoms with Crippen molar-refractivity contribution in [1.29, 1.82) is 0 Å². The number of carbonyl (C=O) groups excluding carboxylic acids is 1. The van der Waals surface area contributed by atoms with E-state index in [-0.39, 0.29) is 12.0 Å². The number of nitrogens with zero attached hydrogens (tertiary/aromatic N) is 1. The lowest BCUT2D eigenvalue weighted by Crippen LogP contribution is -2.54. The van der Waals surface area contributed by atoms with Gasteiger partial charge in [-0.1, -0.05) is 30.3 Å². The molecule has 2 heterocycles. The largest absolute Gasteiger partial charge is 0.360 e. The molecule has 0 aromatic heterocycles. The predicted octanol–water partition coefficient (Wildman–Crippen LogP) is 1.99. The van der Waals surface area contributed by atoms with Gasteiger partial charge in [-0.15, -0.1) is 0 Å². The number of benzene rings is 1. The van der Waals surface area contributed by atoms with Gasteiger partial charge in [0, 0.05) is 13.1 Å². The molecule has 1 N–H and O–H groups in total. The van der Waals surface area contributed by atoms with Crippen LogP contribution in [0.25, 0.3) is 0 Å². The molecular formula is C19H26N2O2. The average molecular weight is 314 g/mol. The Morgan fingerprint density at radius 2 is 1.91 bits per heavy atom. The molecular weight excluding hydrogens is 288 g/mol. The summed E-state index contributed by atoms with van der Waals surface area (Å²) >= 11 is 0. The van der Waals surface area contributed by atoms with Gasteiger partial charge in [0.2, 0.25) is 0 Å². The van der Waals surface area contributed by atoms with Gasteiger partial charge < -0.3 is 15.0 Å². The van der Waals surface area contributed by atoms with Crippen LogP contribution in [-0.2, 0) is 16.0 Å². The molecule has 23 heavy (non-hydrogen) atoms. The van der Waals surface area contributed by atoms with Gasteiger partial charge in [-0.05, 0) is 56.7 Å². The van der Waals surface area contributed by atoms with Crippen LogP contribution in [0, 0.1) is 5.92 Å². The third-order valence-corrected chi connectivity index (χ3v) is 5.68. The first-order valence-corrected chi connectivity index (χ1v) is 8.98. The molecule has 1 aromatic rings. The second-order valence-corrected chi connectivity index (χ2v) is 7.28. The third kappa shape index (κ3) is 3.29. The minimum absolute atomic E-state index is 0.119. The topological polar surface area (TPSA) is 41.6 Å². The Balaban J connectivity index is 1.24. The van der Waals surface area contributed by atoms with E-state index in [9.17, 15) is 4.79 Å². The molecule has 0 bridgehead atoms. The standard InChI is InChI=1S/C19H26N2O2/c22-18-19(9-10-19)23-17(14-20-18)16-7-12-21(13-8-16)11-6-15-4-2-1-3-5-15/h1-5,16-17H,6-14H2,(H,20,22). The number of ether oxygens (including phenoxy) is 1. The summed E-state index contributed by atoms with van der Waals surface area (Å²) in [4.78, 5) is 14.4. The number of amides is 1. The van der Waals surface area contributed by atoms with E-state index in [2.05, 4.69) is 40.5 Å². The van der Waals surface area contributed by atoms with E-state index in [0.717, 1.165) is 38.9 Å². The van der Waals surface area contributed by atoms with Gasteiger partial charge in [0.25, 0.3) is 5.91 Å². The van der Waals surface area contributed by atoms with Crippen LogP contribution >= 0.6 is 0 Å². The van der Waals surface area contributed by atoms with E-state index < -0.39 is 5.60 Å². The fraction of sp³-hybridized carbons (Fsp3) is 0.632. The quantitative estimate of drug-likeness (QED) is 0.924. The van der Waals surface area contributed by atoms with Crippen LogP contribution in [0.4, 0.5) is 0 Å². The van der Waals surface area contributed by atoms with Crippen LogP contribution in [0.3, 0.4) is 0 Å². The molecule has 1 amide bonds. The van der Waals surface area contributed by atoms with Crippen molar-refractivity contribution in [3.8, 4) is 0 Å². The van der Waals surface area contributed by atoms with Gasteiger partial charge in [0.1, 0.15) is 5.60 Å². The molecule has 1 aromatic carbocycles. The van der Waals surface area contributed by atoms with Crippen molar-refractivity contribution in [3.05, 3.63) is 35.9 Å². The summed E-state index contributed by atoms with van der Waals surface area (Å²) < 4.78 is 6.17. The van der Waals surface area contributed by atoms with Crippen molar-refractivity contribution >= 4 is 5.91 Å². The van der Waals surface area contributed by atoms with E-state index in [1.165, 1.54) is 18.4 Å². The van der Waals surface area contributed by atoms with Crippen LogP contribution in [0.15, 0.2) is 30.3 Å². The van der Waals surface area contributed by atoms with Gasteiger partial charge >= 0.3 is 0 Å². The molecule has 1 unspecified atom stereocenters. The number of nitrogens with one attached hydrogen (secondary N) is 1. The molecule has 4 nitrogen and oxygen atoms in total. The summed E-state index contributed by atoms with van der Waals surface area (Å²) in [5, 5.41) is 3.06. The molecule has 4 heteroatoms. The van der Waals surface area contributed by atoms with Crippen molar-refractivity contribution in [2.75, 3.05) is 26.2 Å². The van der Waals surface area contributed by atoms with Gasteiger partial charge in [-0.3, -0.25) is 4.79 Å². The van der Waals surface area contributed by atoms with Crippen molar-refractivity contribution in [2.45, 2.75) is 43.8 Å². The maximum Gasteiger partial charge on any atom is 0.252 e. The molecule has 3 aliphatic rings. The smallest absolute Gasteiger partial charge is 0.252 e. The Morgan fingerprint density at radius 1 is 1.17 bits per heavy atom. The normalized spacial score (nSPS) is 27.8. The zero-order chi connectivity index (χ0) is 15.7. The highest BCUT2D eigenvalue weighted by Crippen LogP contribution is 2.44. The fourth-order valence-corrected chi connectivity index (χ4v) is 3.94. The molecule has 2 aliphatic heterocycles. The van der Waals surface area contributed by atoms with E-state index >= 15 is 0 Å². The number of rotatable bonds is 4. The zero-order valence-electron chi connectivity index (χ0n) is 13.7. The van der Waals surface area contributed by atoms with Crippen molar-refractivity contribution in [3.63, 3.8) is 0 Å². The van der Waals surface area contributed by atoms with Crippen LogP contribution in [-0.4, -0.2) is 48.7 Å². The number of hydrogen-bond acceptors (Lipinski definition) is 3. The van der Waals surface area contributed by atoms with E-state index in [1.54, 1.807) is 0 Å². The summed E-state index contributed by atoms with van der Waals surface area (Å²) in [5.41, 5.74) is 0.983. The number of carbonyl (C=O) groups is 1. The highest BCUT2D eigenvalue weighted by atomic mass is 16.5. The number of piperidine rings is 1. The Kier molecular flexibility index (Phi) is 4.12. The van der Waals surface area contributed by atoms with E-state index in [0.29, 0.717) is 12.5 Å². The first kappa shape index (κ1) is 15.2. The summed E-state index contributed by atoms with van der Waals surface area (Å²) in [5.74, 6) is 0.718. The molecule has 4 rings (SSSR count). The van der Waals surface area contributed by atoms with Gasteiger partial charge in [0.05, 0.1) is 6.10 Å². The minimum atomic E-state index is -0.437. The Morgan fingerprint density at radius 3 is 2.61 bits per heavy atom. The van der Waals surface area contributed by atoms with Crippen molar-refractivity contribution < 1.29 is 9.53 Å². The first-order chi connectivity index (χ1) is 11.3. The number of likely N-dealkylation sites (tertiary alicyclic amines) is 1. The molecule has 0 radical (unpaired) electrons. The predicted molar refractivity (Wildman–Crippen MR) is 89.2 cm³/mol. The SMILES string of the molecule is O=C1NCC(C2CCN(CCc3ccccc3)CC2)OC12CC2. The summed E-state index contributed by atoms with van der Waals surface area (Å²) in [6.45, 7) is 4.15. The van der Waals surface area contributed by atoms with Crippen LogP contribution in [0.5, 0.6) is 0 Å². The molecule has 1 saturated carbocycles. The second-order valence-electron chi connectivity index (χ2n) is 7.28. The first-order valence-electron chi connectivity index (χ1n) is 8.98. The lowest BCUT2D eigenvalue weighted by Gasteiger charge is -2.39. The van der Waals surface area contributed by atoms with E-state index in [4.69, 9.17) is 4.74 Å². The van der Waals surface area contributed by atoms with Crippen LogP contribution < -0.4 is 5.32 Å². The fourth-order valence-electron chi connectivity index (χ4n) is 3.94. The molecule has 3 fully saturated rings. The maximum atomic E-state index is 11.8. The van der Waals surface area contributed by atoms with Crippen LogP contribution in [0.2, 0.25) is 0 Å². The highest BCUT2D eigenvalue weighted by molar-refractivity contribution is 5.88. The summed E-state index contributed by atoms with van der Waals surface area (Å²) in [7, 11) is 0. The molecule has 1 spiro atoms. The third-order valence-electron chi connectivity index (χ3n) is 5.68. The zero-order valence-corrected chi connectivity index (χ0v) is 13.7. The van der Waals surface area contributed by atoms with Gasteiger partial charge in [0.15, 0.2) is 0 Å². The number of hydrogen-bond donors (Lipinski definition) is 1. The van der Waals surface area contributed by atoms with Crippen molar-refractivity contribution in [1.82, 2.24) is 10.2 Å². The second kappa shape index (κ2) is 6.25. The lowest BCUT2D eigenvalue weighted by atomic mass is 9.90. The Bertz CT molecular complexity index is 548.